The van der Waals surface area contributed by atoms with Crippen molar-refractivity contribution >= 4 is 6.09 Å². The molecule has 1 amide bonds. The third-order valence-corrected chi connectivity index (χ3v) is 3.32. The predicted molar refractivity (Wildman–Crippen MR) is 74.5 cm³/mol. The van der Waals surface area contributed by atoms with Crippen molar-refractivity contribution in [3.63, 3.8) is 0 Å². The number of allylic oxidation sites excluding steroid dienone is 1. The fourth-order valence-electron chi connectivity index (χ4n) is 2.28. The number of hydrogen-bond donors (Lipinski definition) is 0. The molecule has 19 heavy (non-hydrogen) atoms. The number of cyclic esters (lactones) is 1. The van der Waals surface area contributed by atoms with Gasteiger partial charge in [0.2, 0.25) is 0 Å². The topological polar surface area (TPSA) is 29.5 Å². The van der Waals surface area contributed by atoms with E-state index in [1.807, 2.05) is 30.3 Å². The highest BCUT2D eigenvalue weighted by Gasteiger charge is 2.36. The summed E-state index contributed by atoms with van der Waals surface area (Å²) in [5.74, 6) is 0. The van der Waals surface area contributed by atoms with Gasteiger partial charge in [-0.1, -0.05) is 50.3 Å². The second kappa shape index (κ2) is 6.26. The quantitative estimate of drug-likeness (QED) is 0.745. The van der Waals surface area contributed by atoms with Crippen LogP contribution < -0.4 is 0 Å². The van der Waals surface area contributed by atoms with Gasteiger partial charge < -0.3 is 4.74 Å². The Labute approximate surface area is 114 Å². The standard InChI is InChI=1S/C16H19NO2/c1-3-5-11-14(4-2)17-15(12-19-16(17)18)13-9-7-6-8-10-13/h6-10,15H,2-3,5,11-12H2,1H3/t15-/m0/s1. The fraction of sp³-hybridized carbons (Fsp3) is 0.375. The fourth-order valence-corrected chi connectivity index (χ4v) is 2.28. The highest BCUT2D eigenvalue weighted by atomic mass is 16.6. The lowest BCUT2D eigenvalue weighted by Crippen LogP contribution is -2.26. The molecule has 0 unspecified atom stereocenters. The summed E-state index contributed by atoms with van der Waals surface area (Å²) in [6.07, 6.45) is 2.60. The Morgan fingerprint density at radius 3 is 2.84 bits per heavy atom. The van der Waals surface area contributed by atoms with E-state index in [1.54, 1.807) is 4.90 Å². The number of amides is 1. The second-order valence-electron chi connectivity index (χ2n) is 4.60. The van der Waals surface area contributed by atoms with Crippen molar-refractivity contribution in [2.24, 2.45) is 0 Å². The Bertz CT molecular complexity index is 489. The summed E-state index contributed by atoms with van der Waals surface area (Å²) in [5.41, 5.74) is 4.81. The van der Waals surface area contributed by atoms with E-state index in [4.69, 9.17) is 4.74 Å². The van der Waals surface area contributed by atoms with Crippen LogP contribution in [0.1, 0.15) is 37.8 Å². The molecule has 0 aromatic heterocycles. The van der Waals surface area contributed by atoms with Crippen molar-refractivity contribution < 1.29 is 9.53 Å². The lowest BCUT2D eigenvalue weighted by Gasteiger charge is -2.23. The number of hydrogen-bond acceptors (Lipinski definition) is 2. The largest absolute Gasteiger partial charge is 0.447 e. The third kappa shape index (κ3) is 2.88. The highest BCUT2D eigenvalue weighted by molar-refractivity contribution is 5.72. The van der Waals surface area contributed by atoms with E-state index in [2.05, 4.69) is 19.2 Å². The van der Waals surface area contributed by atoms with Crippen LogP contribution in [0.15, 0.2) is 48.3 Å². The van der Waals surface area contributed by atoms with Gasteiger partial charge >= 0.3 is 6.09 Å². The molecule has 1 heterocycles. The minimum absolute atomic E-state index is 0.0604. The monoisotopic (exact) mass is 257 g/mol. The summed E-state index contributed by atoms with van der Waals surface area (Å²) in [4.78, 5) is 13.6. The molecular formula is C16H19NO2. The van der Waals surface area contributed by atoms with Crippen LogP contribution >= 0.6 is 0 Å². The Morgan fingerprint density at radius 1 is 1.47 bits per heavy atom. The first-order chi connectivity index (χ1) is 9.27. The molecule has 100 valence electrons. The van der Waals surface area contributed by atoms with Crippen molar-refractivity contribution in [1.29, 1.82) is 0 Å². The van der Waals surface area contributed by atoms with Crippen LogP contribution in [0.5, 0.6) is 0 Å². The number of carbonyl (C=O) groups excluding carboxylic acids is 1. The second-order valence-corrected chi connectivity index (χ2v) is 4.60. The summed E-state index contributed by atoms with van der Waals surface area (Å²) in [5, 5.41) is 0. The van der Waals surface area contributed by atoms with Gasteiger partial charge in [0, 0.05) is 0 Å². The van der Waals surface area contributed by atoms with Crippen LogP contribution in [0.25, 0.3) is 0 Å². The van der Waals surface area contributed by atoms with E-state index < -0.39 is 0 Å². The van der Waals surface area contributed by atoms with Gasteiger partial charge in [0.1, 0.15) is 6.61 Å². The zero-order valence-electron chi connectivity index (χ0n) is 11.3. The molecule has 3 heteroatoms. The summed E-state index contributed by atoms with van der Waals surface area (Å²) >= 11 is 0. The van der Waals surface area contributed by atoms with Crippen LogP contribution in [0.4, 0.5) is 4.79 Å². The van der Waals surface area contributed by atoms with Crippen molar-refractivity contribution in [1.82, 2.24) is 4.90 Å². The van der Waals surface area contributed by atoms with Crippen LogP contribution in [0.3, 0.4) is 0 Å². The molecule has 1 fully saturated rings. The minimum Gasteiger partial charge on any atom is -0.447 e. The van der Waals surface area contributed by atoms with Crippen LogP contribution in [0, 0.1) is 0 Å². The summed E-state index contributed by atoms with van der Waals surface area (Å²) in [7, 11) is 0. The average Bonchev–Trinajstić information content (AvgIpc) is 2.83. The van der Waals surface area contributed by atoms with Gasteiger partial charge in [-0.3, -0.25) is 4.90 Å². The van der Waals surface area contributed by atoms with Gasteiger partial charge in [0.15, 0.2) is 0 Å². The van der Waals surface area contributed by atoms with Gasteiger partial charge in [-0.15, -0.1) is 5.73 Å². The average molecular weight is 257 g/mol. The number of rotatable bonds is 5. The molecule has 0 aliphatic carbocycles. The van der Waals surface area contributed by atoms with E-state index in [0.717, 1.165) is 30.5 Å². The Balaban J connectivity index is 2.25. The maximum Gasteiger partial charge on any atom is 0.415 e. The van der Waals surface area contributed by atoms with E-state index in [-0.39, 0.29) is 12.1 Å². The molecule has 0 N–H and O–H groups in total. The lowest BCUT2D eigenvalue weighted by molar-refractivity contribution is 0.163. The molecule has 1 aromatic carbocycles. The Kier molecular flexibility index (Phi) is 4.43. The summed E-state index contributed by atoms with van der Waals surface area (Å²) in [6, 6.07) is 9.88. The molecule has 0 saturated carbocycles. The molecule has 2 rings (SSSR count). The molecular weight excluding hydrogens is 238 g/mol. The zero-order valence-corrected chi connectivity index (χ0v) is 11.3. The Morgan fingerprint density at radius 2 is 2.21 bits per heavy atom. The predicted octanol–water partition coefficient (Wildman–Crippen LogP) is 4.04. The molecule has 1 atom stereocenters. The Hall–Kier alpha value is -1.99. The molecule has 0 spiro atoms. The summed E-state index contributed by atoms with van der Waals surface area (Å²) in [6.45, 7) is 6.22. The van der Waals surface area contributed by atoms with Crippen molar-refractivity contribution in [3.05, 3.63) is 53.9 Å². The van der Waals surface area contributed by atoms with Crippen LogP contribution in [0.2, 0.25) is 0 Å². The van der Waals surface area contributed by atoms with Gasteiger partial charge in [0.05, 0.1) is 11.7 Å². The first-order valence-corrected chi connectivity index (χ1v) is 6.67. The maximum absolute atomic E-state index is 11.9. The lowest BCUT2D eigenvalue weighted by atomic mass is 10.1. The highest BCUT2D eigenvalue weighted by Crippen LogP contribution is 2.32. The first-order valence-electron chi connectivity index (χ1n) is 6.67. The SMILES string of the molecule is C=C=C(CCCC)N1C(=O)OC[C@H]1c1ccccc1. The van der Waals surface area contributed by atoms with E-state index in [9.17, 15) is 4.79 Å². The minimum atomic E-state index is -0.295. The van der Waals surface area contributed by atoms with Gasteiger partial charge in [-0.2, -0.15) is 0 Å². The number of nitrogens with zero attached hydrogens (tertiary/aromatic N) is 1. The van der Waals surface area contributed by atoms with Crippen LogP contribution in [-0.4, -0.2) is 17.6 Å². The maximum atomic E-state index is 11.9. The number of unbranched alkanes of at least 4 members (excludes halogenated alkanes) is 1. The number of carbonyl (C=O) groups is 1. The van der Waals surface area contributed by atoms with E-state index >= 15 is 0 Å². The molecule has 1 aromatic rings. The number of ether oxygens (including phenoxy) is 1. The van der Waals surface area contributed by atoms with Crippen molar-refractivity contribution in [3.8, 4) is 0 Å². The zero-order chi connectivity index (χ0) is 13.7. The van der Waals surface area contributed by atoms with Gasteiger partial charge in [-0.05, 0) is 18.4 Å². The normalized spacial score (nSPS) is 18.1. The molecule has 1 aliphatic heterocycles. The third-order valence-electron chi connectivity index (χ3n) is 3.32. The van der Waals surface area contributed by atoms with E-state index in [1.165, 1.54) is 0 Å². The van der Waals surface area contributed by atoms with Crippen molar-refractivity contribution in [2.45, 2.75) is 32.2 Å². The first kappa shape index (κ1) is 13.4. The molecule has 0 bridgehead atoms. The molecule has 1 aliphatic rings. The summed E-state index contributed by atoms with van der Waals surface area (Å²) < 4.78 is 5.19. The molecule has 3 nitrogen and oxygen atoms in total. The molecule has 0 radical (unpaired) electrons. The van der Waals surface area contributed by atoms with Crippen molar-refractivity contribution in [2.75, 3.05) is 6.61 Å². The van der Waals surface area contributed by atoms with E-state index in [0.29, 0.717) is 6.61 Å². The molecule has 1 saturated heterocycles. The van der Waals surface area contributed by atoms with Crippen LogP contribution in [-0.2, 0) is 4.74 Å². The number of benzene rings is 1. The van der Waals surface area contributed by atoms with Gasteiger partial charge in [0.25, 0.3) is 0 Å². The smallest absolute Gasteiger partial charge is 0.415 e. The van der Waals surface area contributed by atoms with Gasteiger partial charge in [-0.25, -0.2) is 4.79 Å².